The number of hydrogen-bond acceptors (Lipinski definition) is 3. The van der Waals surface area contributed by atoms with Gasteiger partial charge in [-0.1, -0.05) is 42.5 Å². The van der Waals surface area contributed by atoms with E-state index in [0.717, 1.165) is 16.8 Å². The number of benzene rings is 2. The van der Waals surface area contributed by atoms with Crippen molar-refractivity contribution < 1.29 is 9.53 Å². The van der Waals surface area contributed by atoms with Crippen LogP contribution in [-0.2, 0) is 22.7 Å². The van der Waals surface area contributed by atoms with Gasteiger partial charge in [-0.3, -0.25) is 4.79 Å². The highest BCUT2D eigenvalue weighted by Gasteiger charge is 2.02. The number of carbonyl (C=O) groups is 1. The molecule has 4 nitrogen and oxygen atoms in total. The second-order valence-corrected chi connectivity index (χ2v) is 4.77. The van der Waals surface area contributed by atoms with Crippen molar-refractivity contribution in [3.05, 3.63) is 65.7 Å². The molecule has 110 valence electrons. The second-order valence-electron chi connectivity index (χ2n) is 4.77. The Hall–Kier alpha value is -2.17. The first-order chi connectivity index (χ1) is 10.3. The zero-order chi connectivity index (χ0) is 14.9. The van der Waals surface area contributed by atoms with Crippen LogP contribution in [0.2, 0.25) is 0 Å². The van der Waals surface area contributed by atoms with Crippen molar-refractivity contribution in [3.63, 3.8) is 0 Å². The van der Waals surface area contributed by atoms with Crippen molar-refractivity contribution in [2.24, 2.45) is 0 Å². The summed E-state index contributed by atoms with van der Waals surface area (Å²) in [4.78, 5) is 11.8. The summed E-state index contributed by atoms with van der Waals surface area (Å²) in [5, 5.41) is 5.98. The van der Waals surface area contributed by atoms with Gasteiger partial charge in [0.1, 0.15) is 0 Å². The molecule has 0 aliphatic heterocycles. The molecule has 0 aliphatic rings. The van der Waals surface area contributed by atoms with Crippen molar-refractivity contribution in [3.8, 4) is 0 Å². The van der Waals surface area contributed by atoms with E-state index in [0.29, 0.717) is 13.2 Å². The second kappa shape index (κ2) is 8.19. The fourth-order valence-corrected chi connectivity index (χ4v) is 2.04. The Morgan fingerprint density at radius 1 is 1.05 bits per heavy atom. The number of rotatable bonds is 7. The summed E-state index contributed by atoms with van der Waals surface area (Å²) in [6.07, 6.45) is 0. The maximum atomic E-state index is 11.8. The lowest BCUT2D eigenvalue weighted by Crippen LogP contribution is -2.27. The Labute approximate surface area is 125 Å². The zero-order valence-corrected chi connectivity index (χ0v) is 12.1. The van der Waals surface area contributed by atoms with Gasteiger partial charge in [0.2, 0.25) is 5.91 Å². The molecule has 0 aromatic heterocycles. The maximum Gasteiger partial charge on any atom is 0.238 e. The average Bonchev–Trinajstić information content (AvgIpc) is 2.49. The van der Waals surface area contributed by atoms with E-state index in [1.807, 2.05) is 48.5 Å². The molecule has 0 bridgehead atoms. The fraction of sp³-hybridized carbons (Fsp3) is 0.235. The van der Waals surface area contributed by atoms with Crippen molar-refractivity contribution in [1.82, 2.24) is 5.32 Å². The molecule has 4 heteroatoms. The quantitative estimate of drug-likeness (QED) is 0.821. The number of anilines is 1. The van der Waals surface area contributed by atoms with Crippen LogP contribution in [0.4, 0.5) is 5.69 Å². The zero-order valence-electron chi connectivity index (χ0n) is 12.1. The molecule has 2 aromatic carbocycles. The number of amides is 1. The minimum absolute atomic E-state index is 0.0470. The van der Waals surface area contributed by atoms with Gasteiger partial charge in [0.15, 0.2) is 0 Å². The average molecular weight is 284 g/mol. The van der Waals surface area contributed by atoms with E-state index in [-0.39, 0.29) is 12.5 Å². The summed E-state index contributed by atoms with van der Waals surface area (Å²) >= 11 is 0. The lowest BCUT2D eigenvalue weighted by atomic mass is 10.1. The third-order valence-corrected chi connectivity index (χ3v) is 2.97. The minimum Gasteiger partial charge on any atom is -0.380 e. The maximum absolute atomic E-state index is 11.8. The third-order valence-electron chi connectivity index (χ3n) is 2.97. The van der Waals surface area contributed by atoms with Crippen molar-refractivity contribution in [1.29, 1.82) is 0 Å². The van der Waals surface area contributed by atoms with E-state index in [4.69, 9.17) is 4.74 Å². The van der Waals surface area contributed by atoms with Crippen LogP contribution in [-0.4, -0.2) is 19.6 Å². The topological polar surface area (TPSA) is 50.4 Å². The molecule has 0 saturated heterocycles. The molecule has 0 saturated carbocycles. The number of carbonyl (C=O) groups excluding carboxylic acids is 1. The lowest BCUT2D eigenvalue weighted by molar-refractivity contribution is -0.115. The molecule has 2 rings (SSSR count). The predicted molar refractivity (Wildman–Crippen MR) is 83.9 cm³/mol. The summed E-state index contributed by atoms with van der Waals surface area (Å²) in [6.45, 7) is 1.53. The number of ether oxygens (including phenoxy) is 1. The van der Waals surface area contributed by atoms with Crippen molar-refractivity contribution in [2.45, 2.75) is 13.2 Å². The first-order valence-corrected chi connectivity index (χ1v) is 6.90. The van der Waals surface area contributed by atoms with Gasteiger partial charge in [0, 0.05) is 19.3 Å². The van der Waals surface area contributed by atoms with Crippen LogP contribution in [0.25, 0.3) is 0 Å². The van der Waals surface area contributed by atoms with E-state index in [1.54, 1.807) is 7.11 Å². The van der Waals surface area contributed by atoms with E-state index in [2.05, 4.69) is 16.7 Å². The smallest absolute Gasteiger partial charge is 0.238 e. The Bertz CT molecular complexity index is 570. The van der Waals surface area contributed by atoms with Crippen molar-refractivity contribution >= 4 is 11.6 Å². The Kier molecular flexibility index (Phi) is 5.94. The normalized spacial score (nSPS) is 10.3. The monoisotopic (exact) mass is 284 g/mol. The van der Waals surface area contributed by atoms with Gasteiger partial charge in [0.05, 0.1) is 13.2 Å². The van der Waals surface area contributed by atoms with Crippen molar-refractivity contribution in [2.75, 3.05) is 19.0 Å². The highest BCUT2D eigenvalue weighted by Crippen LogP contribution is 2.06. The van der Waals surface area contributed by atoms with Gasteiger partial charge >= 0.3 is 0 Å². The molecule has 0 spiro atoms. The van der Waals surface area contributed by atoms with E-state index >= 15 is 0 Å². The van der Waals surface area contributed by atoms with E-state index < -0.39 is 0 Å². The van der Waals surface area contributed by atoms with E-state index in [1.165, 1.54) is 0 Å². The number of nitrogens with one attached hydrogen (secondary N) is 2. The van der Waals surface area contributed by atoms with Crippen LogP contribution in [0.3, 0.4) is 0 Å². The molecule has 1 amide bonds. The Balaban J connectivity index is 1.76. The summed E-state index contributed by atoms with van der Waals surface area (Å²) in [6, 6.07) is 17.6. The highest BCUT2D eigenvalue weighted by molar-refractivity contribution is 5.92. The number of methoxy groups -OCH3 is 1. The van der Waals surface area contributed by atoms with Crippen LogP contribution in [0.1, 0.15) is 11.1 Å². The third kappa shape index (κ3) is 5.38. The predicted octanol–water partition coefficient (Wildman–Crippen LogP) is 2.56. The SMILES string of the molecule is COCc1cccc(CNCC(=O)Nc2ccccc2)c1. The first-order valence-electron chi connectivity index (χ1n) is 6.90. The first kappa shape index (κ1) is 15.2. The molecular weight excluding hydrogens is 264 g/mol. The summed E-state index contributed by atoms with van der Waals surface area (Å²) in [5.74, 6) is -0.0470. The molecule has 2 aromatic rings. The van der Waals surface area contributed by atoms with Crippen LogP contribution >= 0.6 is 0 Å². The molecule has 0 fully saturated rings. The van der Waals surface area contributed by atoms with Gasteiger partial charge in [-0.25, -0.2) is 0 Å². The molecule has 0 atom stereocenters. The van der Waals surface area contributed by atoms with Gasteiger partial charge in [-0.2, -0.15) is 0 Å². The molecule has 0 aliphatic carbocycles. The highest BCUT2D eigenvalue weighted by atomic mass is 16.5. The molecule has 2 N–H and O–H groups in total. The number of para-hydroxylation sites is 1. The van der Waals surface area contributed by atoms with Gasteiger partial charge in [0.25, 0.3) is 0 Å². The van der Waals surface area contributed by atoms with Crippen LogP contribution in [0, 0.1) is 0 Å². The summed E-state index contributed by atoms with van der Waals surface area (Å²) in [5.41, 5.74) is 3.08. The van der Waals surface area contributed by atoms with E-state index in [9.17, 15) is 4.79 Å². The number of hydrogen-bond donors (Lipinski definition) is 2. The molecule has 0 heterocycles. The van der Waals surface area contributed by atoms with Crippen LogP contribution in [0.15, 0.2) is 54.6 Å². The Morgan fingerprint density at radius 2 is 1.81 bits per heavy atom. The molecule has 0 radical (unpaired) electrons. The molecule has 21 heavy (non-hydrogen) atoms. The van der Waals surface area contributed by atoms with Gasteiger partial charge in [-0.05, 0) is 23.3 Å². The Morgan fingerprint density at radius 3 is 2.57 bits per heavy atom. The fourth-order valence-electron chi connectivity index (χ4n) is 2.04. The standard InChI is InChI=1S/C17H20N2O2/c1-21-13-15-7-5-6-14(10-15)11-18-12-17(20)19-16-8-3-2-4-9-16/h2-10,18H,11-13H2,1H3,(H,19,20). The minimum atomic E-state index is -0.0470. The van der Waals surface area contributed by atoms with Gasteiger partial charge in [-0.15, -0.1) is 0 Å². The summed E-state index contributed by atoms with van der Waals surface area (Å²) in [7, 11) is 1.68. The lowest BCUT2D eigenvalue weighted by Gasteiger charge is -2.08. The van der Waals surface area contributed by atoms with Crippen LogP contribution in [0.5, 0.6) is 0 Å². The molecule has 0 unspecified atom stereocenters. The summed E-state index contributed by atoms with van der Waals surface area (Å²) < 4.78 is 5.11. The largest absolute Gasteiger partial charge is 0.380 e. The van der Waals surface area contributed by atoms with Gasteiger partial charge < -0.3 is 15.4 Å². The van der Waals surface area contributed by atoms with Crippen LogP contribution < -0.4 is 10.6 Å². The molecular formula is C17H20N2O2.